The van der Waals surface area contributed by atoms with Gasteiger partial charge in [-0.1, -0.05) is 45.6 Å². The van der Waals surface area contributed by atoms with Crippen LogP contribution in [0.4, 0.5) is 5.95 Å². The van der Waals surface area contributed by atoms with E-state index < -0.39 is 0 Å². The molecule has 0 aliphatic rings. The normalized spacial score (nSPS) is 11.0. The number of carbonyl (C=O) groups excluding carboxylic acids is 1. The molecule has 0 radical (unpaired) electrons. The van der Waals surface area contributed by atoms with Crippen LogP contribution in [0.5, 0.6) is 0 Å². The summed E-state index contributed by atoms with van der Waals surface area (Å²) in [4.78, 5) is 26.1. The zero-order valence-corrected chi connectivity index (χ0v) is 18.3. The van der Waals surface area contributed by atoms with Crippen molar-refractivity contribution in [2.75, 3.05) is 5.32 Å². The summed E-state index contributed by atoms with van der Waals surface area (Å²) < 4.78 is 1.95. The van der Waals surface area contributed by atoms with E-state index >= 15 is 0 Å². The first-order valence-corrected chi connectivity index (χ1v) is 9.96. The van der Waals surface area contributed by atoms with Crippen molar-refractivity contribution in [2.24, 2.45) is 7.05 Å². The Hall–Kier alpha value is -2.99. The SMILES string of the molecule is Bc1c(B)c(C(=O)Nc2ncc3ccc(-c4cncn4C)cc3n2)c(B)c(B)c1Cl. The number of imidazole rings is 1. The number of anilines is 1. The molecule has 0 aliphatic carbocycles. The van der Waals surface area contributed by atoms with Gasteiger partial charge in [-0.25, -0.2) is 15.0 Å². The Kier molecular flexibility index (Phi) is 5.20. The quantitative estimate of drug-likeness (QED) is 0.365. The number of benzene rings is 2. The first-order valence-electron chi connectivity index (χ1n) is 9.58. The number of aryl methyl sites for hydroxylation is 1. The summed E-state index contributed by atoms with van der Waals surface area (Å²) in [6.07, 6.45) is 5.27. The lowest BCUT2D eigenvalue weighted by Crippen LogP contribution is -2.47. The van der Waals surface area contributed by atoms with Crippen LogP contribution in [0.1, 0.15) is 10.4 Å². The molecule has 30 heavy (non-hydrogen) atoms. The molecule has 0 spiro atoms. The van der Waals surface area contributed by atoms with Crippen molar-refractivity contribution in [1.82, 2.24) is 19.5 Å². The molecule has 1 amide bonds. The standard InChI is InChI=1S/C19H18B4ClN5O/c1-29-7-25-6-11(29)8-2-3-9-5-26-19(27-10(9)4-8)28-18(30)12-13(20)15(22)17(24)16(23)14(12)21/h2-7H,20-23H2,1H3,(H,26,27,28,30). The van der Waals surface area contributed by atoms with E-state index in [0.717, 1.165) is 44.0 Å². The molecule has 0 saturated heterocycles. The number of halogens is 1. The van der Waals surface area contributed by atoms with Crippen LogP contribution < -0.4 is 27.2 Å². The Morgan fingerprint density at radius 1 is 1.07 bits per heavy atom. The molecule has 2 heterocycles. The summed E-state index contributed by atoms with van der Waals surface area (Å²) in [5.74, 6) is 0.0220. The van der Waals surface area contributed by atoms with E-state index in [4.69, 9.17) is 11.6 Å². The van der Waals surface area contributed by atoms with Crippen LogP contribution >= 0.6 is 11.6 Å². The van der Waals surface area contributed by atoms with E-state index in [0.29, 0.717) is 10.6 Å². The van der Waals surface area contributed by atoms with Crippen LogP contribution in [0, 0.1) is 0 Å². The predicted octanol–water partition coefficient (Wildman–Crippen LogP) is -3.03. The third-order valence-electron chi connectivity index (χ3n) is 5.68. The first-order chi connectivity index (χ1) is 14.3. The lowest BCUT2D eigenvalue weighted by Gasteiger charge is -2.17. The summed E-state index contributed by atoms with van der Waals surface area (Å²) in [6.45, 7) is 0. The second-order valence-electron chi connectivity index (χ2n) is 7.50. The van der Waals surface area contributed by atoms with Crippen LogP contribution in [0.25, 0.3) is 22.2 Å². The zero-order chi connectivity index (χ0) is 21.6. The molecule has 4 rings (SSSR count). The van der Waals surface area contributed by atoms with Crippen LogP contribution in [-0.2, 0) is 7.05 Å². The fourth-order valence-electron chi connectivity index (χ4n) is 3.65. The lowest BCUT2D eigenvalue weighted by atomic mass is 9.67. The highest BCUT2D eigenvalue weighted by atomic mass is 35.5. The number of aromatic nitrogens is 4. The van der Waals surface area contributed by atoms with Gasteiger partial charge in [-0.05, 0) is 6.07 Å². The Balaban J connectivity index is 1.71. The highest BCUT2D eigenvalue weighted by Crippen LogP contribution is 2.23. The molecule has 11 heteroatoms. The van der Waals surface area contributed by atoms with Crippen molar-refractivity contribution in [3.05, 3.63) is 47.5 Å². The number of hydrogen-bond acceptors (Lipinski definition) is 4. The van der Waals surface area contributed by atoms with Gasteiger partial charge in [0, 0.05) is 34.8 Å². The van der Waals surface area contributed by atoms with Crippen molar-refractivity contribution in [3.8, 4) is 11.3 Å². The number of carbonyl (C=O) groups is 1. The summed E-state index contributed by atoms with van der Waals surface area (Å²) in [7, 11) is 9.60. The van der Waals surface area contributed by atoms with Gasteiger partial charge in [-0.3, -0.25) is 10.1 Å². The maximum Gasteiger partial charge on any atom is 0.256 e. The summed E-state index contributed by atoms with van der Waals surface area (Å²) in [5.41, 5.74) is 6.88. The number of nitrogens with zero attached hydrogens (tertiary/aromatic N) is 4. The number of amides is 1. The second-order valence-corrected chi connectivity index (χ2v) is 7.88. The van der Waals surface area contributed by atoms with Gasteiger partial charge in [-0.2, -0.15) is 0 Å². The van der Waals surface area contributed by atoms with E-state index in [2.05, 4.69) is 20.3 Å². The fourth-order valence-corrected chi connectivity index (χ4v) is 3.93. The van der Waals surface area contributed by atoms with E-state index in [9.17, 15) is 4.79 Å². The molecule has 2 aromatic heterocycles. The Morgan fingerprint density at radius 2 is 1.77 bits per heavy atom. The van der Waals surface area contributed by atoms with Crippen LogP contribution in [0.2, 0.25) is 5.02 Å². The third-order valence-corrected chi connectivity index (χ3v) is 6.25. The second kappa shape index (κ2) is 7.69. The molecule has 2 aromatic carbocycles. The Labute approximate surface area is 183 Å². The lowest BCUT2D eigenvalue weighted by molar-refractivity contribution is 0.102. The number of hydrogen-bond donors (Lipinski definition) is 1. The monoisotopic (exact) mass is 411 g/mol. The average Bonchev–Trinajstić information content (AvgIpc) is 3.16. The minimum atomic E-state index is -0.241. The molecular weight excluding hydrogens is 393 g/mol. The van der Waals surface area contributed by atoms with Gasteiger partial charge >= 0.3 is 0 Å². The Bertz CT molecular complexity index is 1300. The largest absolute Gasteiger partial charge is 0.334 e. The molecule has 0 atom stereocenters. The summed E-state index contributed by atoms with van der Waals surface area (Å²) >= 11 is 6.40. The zero-order valence-electron chi connectivity index (χ0n) is 17.5. The molecule has 0 unspecified atom stereocenters. The van der Waals surface area contributed by atoms with Gasteiger partial charge in [0.25, 0.3) is 5.91 Å². The molecule has 0 aliphatic heterocycles. The minimum Gasteiger partial charge on any atom is -0.334 e. The molecule has 0 saturated carbocycles. The van der Waals surface area contributed by atoms with Crippen molar-refractivity contribution in [1.29, 1.82) is 0 Å². The van der Waals surface area contributed by atoms with Crippen LogP contribution in [0.15, 0.2) is 36.9 Å². The maximum absolute atomic E-state index is 13.1. The Morgan fingerprint density at radius 3 is 2.40 bits per heavy atom. The highest BCUT2D eigenvalue weighted by Gasteiger charge is 2.19. The smallest absolute Gasteiger partial charge is 0.256 e. The van der Waals surface area contributed by atoms with E-state index in [1.807, 2.05) is 67.4 Å². The van der Waals surface area contributed by atoms with Crippen molar-refractivity contribution in [2.45, 2.75) is 0 Å². The van der Waals surface area contributed by atoms with Crippen molar-refractivity contribution >= 4 is 87.6 Å². The summed E-state index contributed by atoms with van der Waals surface area (Å²) in [5, 5.41) is 4.44. The molecular formula is C19H18B4ClN5O. The first kappa shape index (κ1) is 20.3. The molecule has 4 aromatic rings. The van der Waals surface area contributed by atoms with Crippen LogP contribution in [0.3, 0.4) is 0 Å². The van der Waals surface area contributed by atoms with Crippen molar-refractivity contribution < 1.29 is 4.79 Å². The number of nitrogens with one attached hydrogen (secondary N) is 1. The molecule has 6 nitrogen and oxygen atoms in total. The van der Waals surface area contributed by atoms with Gasteiger partial charge < -0.3 is 4.57 Å². The van der Waals surface area contributed by atoms with E-state index in [1.54, 1.807) is 12.5 Å². The molecule has 0 bridgehead atoms. The van der Waals surface area contributed by atoms with E-state index in [-0.39, 0.29) is 11.9 Å². The predicted molar refractivity (Wildman–Crippen MR) is 134 cm³/mol. The topological polar surface area (TPSA) is 72.7 Å². The third kappa shape index (κ3) is 3.41. The van der Waals surface area contributed by atoms with Gasteiger partial charge in [0.05, 0.1) is 23.7 Å². The van der Waals surface area contributed by atoms with Gasteiger partial charge in [0.15, 0.2) is 0 Å². The fraction of sp³-hybridized carbons (Fsp3) is 0.0526. The van der Waals surface area contributed by atoms with Gasteiger partial charge in [0.2, 0.25) is 5.95 Å². The summed E-state index contributed by atoms with van der Waals surface area (Å²) in [6, 6.07) is 5.94. The van der Waals surface area contributed by atoms with Crippen molar-refractivity contribution in [3.63, 3.8) is 0 Å². The average molecular weight is 411 g/mol. The highest BCUT2D eigenvalue weighted by molar-refractivity contribution is 6.65. The molecule has 144 valence electrons. The molecule has 0 fully saturated rings. The number of rotatable bonds is 3. The number of fused-ring (bicyclic) bond motifs is 1. The maximum atomic E-state index is 13.1. The minimum absolute atomic E-state index is 0.241. The van der Waals surface area contributed by atoms with Gasteiger partial charge in [-0.15, -0.1) is 0 Å². The van der Waals surface area contributed by atoms with Gasteiger partial charge in [0.1, 0.15) is 31.4 Å². The molecule has 1 N–H and O–H groups in total. The van der Waals surface area contributed by atoms with E-state index in [1.165, 1.54) is 0 Å². The van der Waals surface area contributed by atoms with Crippen LogP contribution in [-0.4, -0.2) is 56.8 Å².